The van der Waals surface area contributed by atoms with Crippen molar-refractivity contribution >= 4 is 41.4 Å². The molecule has 1 aromatic carbocycles. The highest BCUT2D eigenvalue weighted by atomic mass is 32.1. The summed E-state index contributed by atoms with van der Waals surface area (Å²) in [6.07, 6.45) is 0.818. The van der Waals surface area contributed by atoms with Gasteiger partial charge in [-0.05, 0) is 31.3 Å². The molecule has 6 nitrogen and oxygen atoms in total. The van der Waals surface area contributed by atoms with Gasteiger partial charge in [-0.1, -0.05) is 36.9 Å². The molecule has 0 aliphatic heterocycles. The van der Waals surface area contributed by atoms with Crippen LogP contribution in [0.15, 0.2) is 43.0 Å². The zero-order chi connectivity index (χ0) is 16.0. The Labute approximate surface area is 128 Å². The van der Waals surface area contributed by atoms with Crippen molar-refractivity contribution in [1.82, 2.24) is 0 Å². The van der Waals surface area contributed by atoms with Crippen LogP contribution in [0.4, 0.5) is 9.59 Å². The van der Waals surface area contributed by atoms with Crippen LogP contribution in [0, 0.1) is 0 Å². The number of primary amides is 1. The molecule has 110 valence electrons. The normalized spacial score (nSPS) is 7.70. The minimum absolute atomic E-state index is 0.360. The molecular formula is C12H16N2O4S2. The Kier molecular flexibility index (Phi) is 13.5. The lowest BCUT2D eigenvalue weighted by molar-refractivity contribution is 0.149. The van der Waals surface area contributed by atoms with Gasteiger partial charge in [-0.15, -0.1) is 6.58 Å². The minimum Gasteiger partial charge on any atom is -0.395 e. The van der Waals surface area contributed by atoms with Crippen LogP contribution < -0.4 is 16.2 Å². The molecule has 0 fully saturated rings. The van der Waals surface area contributed by atoms with Gasteiger partial charge in [0.05, 0.1) is 0 Å². The van der Waals surface area contributed by atoms with Gasteiger partial charge in [0.15, 0.2) is 0 Å². The van der Waals surface area contributed by atoms with E-state index in [1.165, 1.54) is 0 Å². The molecule has 1 rings (SSSR count). The Bertz CT molecular complexity index is 434. The monoisotopic (exact) mass is 316 g/mol. The van der Waals surface area contributed by atoms with Gasteiger partial charge in [-0.3, -0.25) is 4.79 Å². The summed E-state index contributed by atoms with van der Waals surface area (Å²) >= 11 is 7.45. The Morgan fingerprint density at radius 2 is 1.70 bits per heavy atom. The topological polar surface area (TPSA) is 105 Å². The standard InChI is InChI=1S/C8H7NO3S.C3H6.CH3NOS/c9-7(13)12-8(10)11-6-4-2-1-3-5-6;1-3-2;2-1(3)4/h1-5H,(H2,9,13);3H,1H2,2H3;(H3,2,3,4). The van der Waals surface area contributed by atoms with Crippen LogP contribution in [0.1, 0.15) is 6.92 Å². The van der Waals surface area contributed by atoms with E-state index >= 15 is 0 Å². The van der Waals surface area contributed by atoms with Crippen molar-refractivity contribution in [2.24, 2.45) is 11.5 Å². The molecule has 0 aromatic heterocycles. The van der Waals surface area contributed by atoms with E-state index < -0.39 is 11.4 Å². The van der Waals surface area contributed by atoms with Crippen LogP contribution in [0.2, 0.25) is 0 Å². The second-order valence-electron chi connectivity index (χ2n) is 2.83. The second kappa shape index (κ2) is 13.4. The van der Waals surface area contributed by atoms with Gasteiger partial charge in [-0.2, -0.15) is 0 Å². The molecule has 0 heterocycles. The molecule has 0 aliphatic rings. The quantitative estimate of drug-likeness (QED) is 0.242. The number of hydrogen-bond acceptors (Lipinski definition) is 5. The van der Waals surface area contributed by atoms with Crippen molar-refractivity contribution in [2.45, 2.75) is 6.92 Å². The Morgan fingerprint density at radius 3 is 2.05 bits per heavy atom. The third-order valence-corrected chi connectivity index (χ3v) is 1.21. The molecule has 0 atom stereocenters. The lowest BCUT2D eigenvalue weighted by atomic mass is 10.3. The van der Waals surface area contributed by atoms with Gasteiger partial charge in [0, 0.05) is 0 Å². The Hall–Kier alpha value is -2.06. The fourth-order valence-corrected chi connectivity index (χ4v) is 0.756. The molecule has 20 heavy (non-hydrogen) atoms. The number of para-hydroxylation sites is 1. The number of amides is 1. The van der Waals surface area contributed by atoms with Crippen LogP contribution in [-0.2, 0) is 4.74 Å². The van der Waals surface area contributed by atoms with Crippen LogP contribution in [0.25, 0.3) is 0 Å². The molecule has 1 amide bonds. The number of rotatable bonds is 1. The maximum absolute atomic E-state index is 10.8. The van der Waals surface area contributed by atoms with Crippen LogP contribution in [0.3, 0.4) is 0 Å². The number of benzene rings is 1. The van der Waals surface area contributed by atoms with Crippen molar-refractivity contribution in [3.8, 4) is 5.75 Å². The summed E-state index contributed by atoms with van der Waals surface area (Å²) in [4.78, 5) is 19.9. The molecule has 0 saturated heterocycles. The molecule has 0 spiro atoms. The molecule has 0 unspecified atom stereocenters. The molecule has 0 radical (unpaired) electrons. The average molecular weight is 316 g/mol. The van der Waals surface area contributed by atoms with E-state index in [4.69, 9.17) is 15.3 Å². The number of thiol groups is 1. The van der Waals surface area contributed by atoms with Crippen LogP contribution in [-0.4, -0.2) is 16.6 Å². The van der Waals surface area contributed by atoms with E-state index in [0.717, 1.165) is 0 Å². The average Bonchev–Trinajstić information content (AvgIpc) is 2.29. The van der Waals surface area contributed by atoms with Crippen LogP contribution >= 0.6 is 24.8 Å². The smallest absolute Gasteiger partial charge is 0.395 e. The predicted molar refractivity (Wildman–Crippen MR) is 84.8 cm³/mol. The van der Waals surface area contributed by atoms with Gasteiger partial charge < -0.3 is 20.9 Å². The Morgan fingerprint density at radius 1 is 1.30 bits per heavy atom. The van der Waals surface area contributed by atoms with Gasteiger partial charge in [0.1, 0.15) is 5.75 Å². The first-order valence-electron chi connectivity index (χ1n) is 5.13. The van der Waals surface area contributed by atoms with Crippen molar-refractivity contribution in [2.75, 3.05) is 0 Å². The van der Waals surface area contributed by atoms with E-state index in [1.54, 1.807) is 36.4 Å². The maximum atomic E-state index is 10.8. The first kappa shape index (κ1) is 20.3. The first-order chi connectivity index (χ1) is 9.33. The largest absolute Gasteiger partial charge is 0.521 e. The summed E-state index contributed by atoms with van der Waals surface area (Å²) in [5, 5.41) is -0.999. The molecule has 4 N–H and O–H groups in total. The third kappa shape index (κ3) is 18.3. The van der Waals surface area contributed by atoms with Gasteiger partial charge in [0.2, 0.25) is 0 Å². The number of nitrogens with two attached hydrogens (primary N) is 2. The van der Waals surface area contributed by atoms with Gasteiger partial charge >= 0.3 is 6.16 Å². The van der Waals surface area contributed by atoms with Crippen molar-refractivity contribution in [1.29, 1.82) is 0 Å². The zero-order valence-corrected chi connectivity index (χ0v) is 12.5. The second-order valence-corrected chi connectivity index (χ2v) is 3.68. The highest BCUT2D eigenvalue weighted by molar-refractivity contribution is 7.96. The molecule has 8 heteroatoms. The van der Waals surface area contributed by atoms with Crippen molar-refractivity contribution in [3.05, 3.63) is 43.0 Å². The maximum Gasteiger partial charge on any atom is 0.521 e. The number of ether oxygens (including phenoxy) is 2. The zero-order valence-electron chi connectivity index (χ0n) is 10.8. The number of thiocarbonyl (C=S) groups is 1. The summed E-state index contributed by atoms with van der Waals surface area (Å²) in [7, 11) is 0. The summed E-state index contributed by atoms with van der Waals surface area (Å²) in [5.41, 5.74) is 9.29. The SMILES string of the molecule is C=CC.NC(=O)S.NC(=S)OC(=O)Oc1ccccc1. The Balaban J connectivity index is 0. The van der Waals surface area contributed by atoms with E-state index in [9.17, 15) is 4.79 Å². The van der Waals surface area contributed by atoms with Crippen molar-refractivity contribution < 1.29 is 19.1 Å². The molecule has 0 bridgehead atoms. The molecule has 0 saturated carbocycles. The minimum atomic E-state index is -0.932. The van der Waals surface area contributed by atoms with Gasteiger partial charge in [0.25, 0.3) is 10.4 Å². The van der Waals surface area contributed by atoms with E-state index in [-0.39, 0.29) is 5.17 Å². The highest BCUT2D eigenvalue weighted by Crippen LogP contribution is 2.08. The number of hydrogen-bond donors (Lipinski definition) is 3. The molecule has 1 aromatic rings. The third-order valence-electron chi connectivity index (χ3n) is 1.13. The summed E-state index contributed by atoms with van der Waals surface area (Å²) in [6.45, 7) is 5.25. The van der Waals surface area contributed by atoms with Crippen molar-refractivity contribution in [3.63, 3.8) is 0 Å². The van der Waals surface area contributed by atoms with Crippen LogP contribution in [0.5, 0.6) is 5.75 Å². The summed E-state index contributed by atoms with van der Waals surface area (Å²) < 4.78 is 9.00. The van der Waals surface area contributed by atoms with E-state index in [1.807, 2.05) is 6.92 Å². The number of carbonyl (C=O) groups excluding carboxylic acids is 2. The predicted octanol–water partition coefficient (Wildman–Crippen LogP) is 2.63. The fraction of sp³-hybridized carbons (Fsp3) is 0.0833. The molecule has 0 aliphatic carbocycles. The lowest BCUT2D eigenvalue weighted by Gasteiger charge is -2.02. The van der Waals surface area contributed by atoms with E-state index in [2.05, 4.69) is 41.9 Å². The lowest BCUT2D eigenvalue weighted by Crippen LogP contribution is -2.20. The highest BCUT2D eigenvalue weighted by Gasteiger charge is 2.06. The fourth-order valence-electron chi connectivity index (χ4n) is 0.688. The first-order valence-corrected chi connectivity index (χ1v) is 5.98. The summed E-state index contributed by atoms with van der Waals surface area (Å²) in [5.74, 6) is 0.378. The molecular weight excluding hydrogens is 300 g/mol. The number of allylic oxidation sites excluding steroid dienone is 1. The number of carbonyl (C=O) groups is 2. The van der Waals surface area contributed by atoms with E-state index in [0.29, 0.717) is 5.75 Å². The summed E-state index contributed by atoms with van der Waals surface area (Å²) in [6, 6.07) is 8.47. The van der Waals surface area contributed by atoms with Gasteiger partial charge in [-0.25, -0.2) is 4.79 Å².